The number of aromatic nitrogens is 2. The van der Waals surface area contributed by atoms with E-state index in [1.165, 1.54) is 12.8 Å². The van der Waals surface area contributed by atoms with E-state index in [2.05, 4.69) is 26.7 Å². The maximum Gasteiger partial charge on any atom is 0.265 e. The number of rotatable bonds is 5. The summed E-state index contributed by atoms with van der Waals surface area (Å²) in [5, 5.41) is 6.94. The molecule has 1 saturated heterocycles. The van der Waals surface area contributed by atoms with Crippen molar-refractivity contribution in [3.05, 3.63) is 34.2 Å². The van der Waals surface area contributed by atoms with Crippen LogP contribution in [0.4, 0.5) is 0 Å². The van der Waals surface area contributed by atoms with Crippen LogP contribution in [0.5, 0.6) is 0 Å². The lowest BCUT2D eigenvalue weighted by atomic mass is 9.97. The molecule has 130 valence electrons. The Morgan fingerprint density at radius 2 is 2.17 bits per heavy atom. The van der Waals surface area contributed by atoms with Crippen LogP contribution in [-0.4, -0.2) is 40.0 Å². The van der Waals surface area contributed by atoms with Crippen molar-refractivity contribution in [3.8, 4) is 0 Å². The summed E-state index contributed by atoms with van der Waals surface area (Å²) < 4.78 is 9.69. The van der Waals surface area contributed by atoms with Gasteiger partial charge in [0.1, 0.15) is 16.4 Å². The van der Waals surface area contributed by atoms with Gasteiger partial charge in [-0.1, -0.05) is 11.4 Å². The number of carbonyl (C=O) groups excluding carboxylic acids is 1. The monoisotopic (exact) mass is 348 g/mol. The Morgan fingerprint density at radius 3 is 2.75 bits per heavy atom. The molecule has 0 unspecified atom stereocenters. The molecule has 3 heterocycles. The number of nitrogens with one attached hydrogen (secondary N) is 1. The molecule has 7 heteroatoms. The van der Waals surface area contributed by atoms with Crippen molar-refractivity contribution in [1.82, 2.24) is 19.8 Å². The molecule has 0 saturated carbocycles. The lowest BCUT2D eigenvalue weighted by Gasteiger charge is -2.35. The molecule has 2 aromatic heterocycles. The van der Waals surface area contributed by atoms with Crippen LogP contribution in [0.3, 0.4) is 0 Å². The molecule has 1 atom stereocenters. The predicted molar refractivity (Wildman–Crippen MR) is 93.1 cm³/mol. The molecule has 0 radical (unpaired) electrons. The van der Waals surface area contributed by atoms with Gasteiger partial charge in [0.05, 0.1) is 11.7 Å². The molecule has 0 aromatic carbocycles. The average Bonchev–Trinajstić information content (AvgIpc) is 3.18. The van der Waals surface area contributed by atoms with Gasteiger partial charge in [-0.05, 0) is 69.4 Å². The zero-order chi connectivity index (χ0) is 17.1. The second-order valence-corrected chi connectivity index (χ2v) is 7.33. The van der Waals surface area contributed by atoms with Gasteiger partial charge in [0.15, 0.2) is 0 Å². The summed E-state index contributed by atoms with van der Waals surface area (Å²) in [6, 6.07) is 4.06. The average molecular weight is 348 g/mol. The van der Waals surface area contributed by atoms with E-state index in [0.29, 0.717) is 17.1 Å². The van der Waals surface area contributed by atoms with Gasteiger partial charge < -0.3 is 9.73 Å². The lowest BCUT2D eigenvalue weighted by molar-refractivity contribution is 0.0898. The van der Waals surface area contributed by atoms with Crippen molar-refractivity contribution in [2.75, 3.05) is 19.6 Å². The third-order valence-electron chi connectivity index (χ3n) is 4.66. The van der Waals surface area contributed by atoms with Crippen molar-refractivity contribution < 1.29 is 9.21 Å². The van der Waals surface area contributed by atoms with Crippen LogP contribution in [0.15, 0.2) is 16.5 Å². The molecule has 1 amide bonds. The number of nitrogens with zero attached hydrogens (tertiary/aromatic N) is 3. The molecule has 24 heavy (non-hydrogen) atoms. The normalized spacial score (nSPS) is 17.8. The summed E-state index contributed by atoms with van der Waals surface area (Å²) in [7, 11) is 0. The number of likely N-dealkylation sites (tertiary alicyclic amines) is 1. The molecular formula is C17H24N4O2S. The second-order valence-electron chi connectivity index (χ2n) is 6.58. The summed E-state index contributed by atoms with van der Waals surface area (Å²) in [5.41, 5.74) is 0.676. The number of hydrogen-bond acceptors (Lipinski definition) is 6. The Hall–Kier alpha value is -1.73. The van der Waals surface area contributed by atoms with Crippen LogP contribution in [0.25, 0.3) is 0 Å². The van der Waals surface area contributed by atoms with Crippen LogP contribution in [-0.2, 0) is 0 Å². The smallest absolute Gasteiger partial charge is 0.265 e. The first kappa shape index (κ1) is 17.1. The van der Waals surface area contributed by atoms with Crippen LogP contribution in [0.1, 0.15) is 52.7 Å². The number of piperidine rings is 1. The number of carbonyl (C=O) groups is 1. The summed E-state index contributed by atoms with van der Waals surface area (Å²) in [5.74, 6) is 2.47. The van der Waals surface area contributed by atoms with E-state index in [1.54, 1.807) is 6.92 Å². The largest absolute Gasteiger partial charge is 0.465 e. The molecule has 1 aliphatic rings. The summed E-state index contributed by atoms with van der Waals surface area (Å²) >= 11 is 1.13. The van der Waals surface area contributed by atoms with Gasteiger partial charge in [0.25, 0.3) is 5.91 Å². The molecular weight excluding hydrogens is 324 g/mol. The Bertz CT molecular complexity index is 688. The summed E-state index contributed by atoms with van der Waals surface area (Å²) in [6.07, 6.45) is 2.37. The molecule has 0 aliphatic carbocycles. The minimum Gasteiger partial charge on any atom is -0.465 e. The van der Waals surface area contributed by atoms with Crippen molar-refractivity contribution in [3.63, 3.8) is 0 Å². The first-order valence-corrected chi connectivity index (χ1v) is 9.19. The maximum atomic E-state index is 12.4. The van der Waals surface area contributed by atoms with Crippen LogP contribution in [0, 0.1) is 19.8 Å². The molecule has 6 nitrogen and oxygen atoms in total. The minimum atomic E-state index is -0.110. The molecule has 0 bridgehead atoms. The van der Waals surface area contributed by atoms with E-state index in [1.807, 2.05) is 19.1 Å². The Labute approximate surface area is 146 Å². The summed E-state index contributed by atoms with van der Waals surface area (Å²) in [4.78, 5) is 15.4. The zero-order valence-corrected chi connectivity index (χ0v) is 15.2. The van der Waals surface area contributed by atoms with Gasteiger partial charge in [-0.15, -0.1) is 5.10 Å². The first-order chi connectivity index (χ1) is 11.5. The highest BCUT2D eigenvalue weighted by molar-refractivity contribution is 7.07. The second kappa shape index (κ2) is 7.44. The van der Waals surface area contributed by atoms with Crippen molar-refractivity contribution >= 4 is 17.4 Å². The van der Waals surface area contributed by atoms with Crippen molar-refractivity contribution in [2.24, 2.45) is 5.92 Å². The fraction of sp³-hybridized carbons (Fsp3) is 0.588. The SMILES string of the molecule is Cc1ccc([C@H](CNC(=O)c2snnc2C)N2CCC(C)CC2)o1. The molecule has 3 rings (SSSR count). The van der Waals surface area contributed by atoms with Gasteiger partial charge in [0, 0.05) is 6.54 Å². The Balaban J connectivity index is 1.70. The zero-order valence-electron chi connectivity index (χ0n) is 14.4. The van der Waals surface area contributed by atoms with Crippen LogP contribution >= 0.6 is 11.5 Å². The molecule has 1 N–H and O–H groups in total. The highest BCUT2D eigenvalue weighted by Crippen LogP contribution is 2.27. The lowest BCUT2D eigenvalue weighted by Crippen LogP contribution is -2.41. The van der Waals surface area contributed by atoms with Crippen LogP contribution in [0.2, 0.25) is 0 Å². The number of hydrogen-bond donors (Lipinski definition) is 1. The van der Waals surface area contributed by atoms with Gasteiger partial charge in [0.2, 0.25) is 0 Å². The Kier molecular flexibility index (Phi) is 5.30. The highest BCUT2D eigenvalue weighted by Gasteiger charge is 2.27. The molecule has 1 fully saturated rings. The number of amides is 1. The van der Waals surface area contributed by atoms with Crippen molar-refractivity contribution in [2.45, 2.75) is 39.7 Å². The fourth-order valence-electron chi connectivity index (χ4n) is 3.09. The van der Waals surface area contributed by atoms with Gasteiger partial charge in [-0.2, -0.15) is 0 Å². The molecule has 1 aliphatic heterocycles. The minimum absolute atomic E-state index is 0.0661. The standard InChI is InChI=1S/C17H24N4O2S/c1-11-6-8-21(9-7-11)14(15-5-4-12(2)23-15)10-18-17(22)16-13(3)19-20-24-16/h4-5,11,14H,6-10H2,1-3H3,(H,18,22)/t14-/m0/s1. The quantitative estimate of drug-likeness (QED) is 0.899. The highest BCUT2D eigenvalue weighted by atomic mass is 32.1. The summed E-state index contributed by atoms with van der Waals surface area (Å²) in [6.45, 7) is 8.63. The van der Waals surface area contributed by atoms with Crippen LogP contribution < -0.4 is 5.32 Å². The van der Waals surface area contributed by atoms with Gasteiger partial charge in [-0.3, -0.25) is 9.69 Å². The molecule has 0 spiro atoms. The third kappa shape index (κ3) is 3.84. The third-order valence-corrected chi connectivity index (χ3v) is 5.49. The predicted octanol–water partition coefficient (Wildman–Crippen LogP) is 2.95. The first-order valence-electron chi connectivity index (χ1n) is 8.42. The Morgan fingerprint density at radius 1 is 1.42 bits per heavy atom. The van der Waals surface area contributed by atoms with E-state index >= 15 is 0 Å². The van der Waals surface area contributed by atoms with E-state index in [9.17, 15) is 4.79 Å². The maximum absolute atomic E-state index is 12.4. The van der Waals surface area contributed by atoms with Gasteiger partial charge >= 0.3 is 0 Å². The van der Waals surface area contributed by atoms with Gasteiger partial charge in [-0.25, -0.2) is 0 Å². The van der Waals surface area contributed by atoms with Crippen molar-refractivity contribution in [1.29, 1.82) is 0 Å². The van der Waals surface area contributed by atoms with E-state index in [-0.39, 0.29) is 11.9 Å². The topological polar surface area (TPSA) is 71.3 Å². The van der Waals surface area contributed by atoms with E-state index < -0.39 is 0 Å². The molecule has 2 aromatic rings. The number of furan rings is 1. The fourth-order valence-corrected chi connectivity index (χ4v) is 3.66. The van der Waals surface area contributed by atoms with E-state index in [4.69, 9.17) is 4.42 Å². The number of aryl methyl sites for hydroxylation is 2. The van der Waals surface area contributed by atoms with E-state index in [0.717, 1.165) is 42.1 Å².